The lowest BCUT2D eigenvalue weighted by molar-refractivity contribution is -0.890. The highest BCUT2D eigenvalue weighted by molar-refractivity contribution is 7.43. The van der Waals surface area contributed by atoms with Crippen molar-refractivity contribution in [3.05, 3.63) is 0 Å². The second kappa shape index (κ2) is 6.98. The third kappa shape index (κ3) is 16.0. The maximum Gasteiger partial charge on any atom is 0.311 e. The summed E-state index contributed by atoms with van der Waals surface area (Å²) in [6.07, 6.45) is 0. The lowest BCUT2D eigenvalue weighted by Crippen LogP contribution is -2.44. The monoisotopic (exact) mass is 257 g/mol. The second-order valence-corrected chi connectivity index (χ2v) is 5.15. The largest absolute Gasteiger partial charge is 0.756 e. The van der Waals surface area contributed by atoms with Gasteiger partial charge in [0.1, 0.15) is 5.92 Å². The Labute approximate surface area is 95.2 Å². The van der Waals surface area contributed by atoms with E-state index < -0.39 is 13.8 Å². The molecule has 0 heterocycles. The van der Waals surface area contributed by atoms with Crippen LogP contribution < -0.4 is 4.89 Å². The SMILES string of the molecule is CC[N+](C)(C)CC(C)C(=O)O.O=P([O-])(O)O. The number of nitrogens with zero attached hydrogens (tertiary/aromatic N) is 1. The first-order valence-electron chi connectivity index (χ1n) is 4.70. The van der Waals surface area contributed by atoms with E-state index in [-0.39, 0.29) is 5.92 Å². The van der Waals surface area contributed by atoms with E-state index in [9.17, 15) is 4.79 Å². The molecule has 0 aliphatic heterocycles. The summed E-state index contributed by atoms with van der Waals surface area (Å²) >= 11 is 0. The molecule has 0 aromatic rings. The van der Waals surface area contributed by atoms with E-state index in [2.05, 4.69) is 6.92 Å². The Bertz CT molecular complexity index is 253. The first kappa shape index (κ1) is 17.9. The zero-order valence-electron chi connectivity index (χ0n) is 9.95. The molecular weight excluding hydrogens is 237 g/mol. The molecule has 0 rings (SSSR count). The highest BCUT2D eigenvalue weighted by Crippen LogP contribution is 2.18. The minimum atomic E-state index is -4.89. The minimum absolute atomic E-state index is 0.245. The topological polar surface area (TPSA) is 118 Å². The molecule has 3 N–H and O–H groups in total. The molecule has 7 nitrogen and oxygen atoms in total. The van der Waals surface area contributed by atoms with E-state index in [1.165, 1.54) is 0 Å². The molecule has 98 valence electrons. The summed E-state index contributed by atoms with van der Waals surface area (Å²) < 4.78 is 9.54. The molecule has 0 aromatic heterocycles. The number of hydrogen-bond acceptors (Lipinski definition) is 3. The van der Waals surface area contributed by atoms with Crippen LogP contribution in [0.1, 0.15) is 13.8 Å². The first-order chi connectivity index (χ1) is 6.89. The molecule has 0 aromatic carbocycles. The van der Waals surface area contributed by atoms with E-state index >= 15 is 0 Å². The van der Waals surface area contributed by atoms with Crippen molar-refractivity contribution in [1.82, 2.24) is 0 Å². The van der Waals surface area contributed by atoms with Gasteiger partial charge in [-0.05, 0) is 13.8 Å². The number of carboxylic acids is 1. The van der Waals surface area contributed by atoms with Crippen LogP contribution in [-0.2, 0) is 9.36 Å². The van der Waals surface area contributed by atoms with Gasteiger partial charge in [0, 0.05) is 0 Å². The number of phosphoric acid groups is 1. The van der Waals surface area contributed by atoms with Gasteiger partial charge in [-0.25, -0.2) is 0 Å². The fourth-order valence-electron chi connectivity index (χ4n) is 0.949. The zero-order chi connectivity index (χ0) is 13.6. The summed E-state index contributed by atoms with van der Waals surface area (Å²) in [5.41, 5.74) is 0. The van der Waals surface area contributed by atoms with E-state index in [1.54, 1.807) is 6.92 Å². The molecule has 0 radical (unpaired) electrons. The van der Waals surface area contributed by atoms with Crippen LogP contribution in [-0.4, -0.2) is 52.5 Å². The molecule has 0 aliphatic carbocycles. The van der Waals surface area contributed by atoms with Crippen LogP contribution in [0, 0.1) is 5.92 Å². The van der Waals surface area contributed by atoms with Gasteiger partial charge in [-0.3, -0.25) is 9.36 Å². The van der Waals surface area contributed by atoms with Gasteiger partial charge >= 0.3 is 5.97 Å². The number of quaternary nitrogens is 1. The minimum Gasteiger partial charge on any atom is -0.756 e. The molecule has 0 amide bonds. The van der Waals surface area contributed by atoms with E-state index in [0.29, 0.717) is 6.54 Å². The van der Waals surface area contributed by atoms with Gasteiger partial charge < -0.3 is 24.3 Å². The van der Waals surface area contributed by atoms with Crippen molar-refractivity contribution in [2.45, 2.75) is 13.8 Å². The van der Waals surface area contributed by atoms with Gasteiger partial charge in [0.25, 0.3) is 7.82 Å². The lowest BCUT2D eigenvalue weighted by atomic mass is 10.1. The summed E-state index contributed by atoms with van der Waals surface area (Å²) in [6, 6.07) is 0. The maximum atomic E-state index is 10.5. The number of rotatable bonds is 4. The van der Waals surface area contributed by atoms with Crippen LogP contribution in [0.25, 0.3) is 0 Å². The maximum absolute atomic E-state index is 10.5. The highest BCUT2D eigenvalue weighted by Gasteiger charge is 2.21. The van der Waals surface area contributed by atoms with Crippen LogP contribution in [0.3, 0.4) is 0 Å². The second-order valence-electron chi connectivity index (χ2n) is 4.16. The molecule has 1 atom stereocenters. The fraction of sp³-hybridized carbons (Fsp3) is 0.875. The van der Waals surface area contributed by atoms with Crippen molar-refractivity contribution < 1.29 is 33.6 Å². The predicted octanol–water partition coefficient (Wildman–Crippen LogP) is -0.757. The summed E-state index contributed by atoms with van der Waals surface area (Å²) in [6.45, 7) is 5.48. The average Bonchev–Trinajstić information content (AvgIpc) is 2.00. The smallest absolute Gasteiger partial charge is 0.311 e. The Kier molecular flexibility index (Phi) is 7.82. The fourth-order valence-corrected chi connectivity index (χ4v) is 0.949. The van der Waals surface area contributed by atoms with Crippen molar-refractivity contribution in [1.29, 1.82) is 0 Å². The standard InChI is InChI=1S/C8H17NO2.H3O4P/c1-5-9(3,4)6-7(2)8(10)11;1-5(2,3)4/h7H,5-6H2,1-4H3;(H3,1,2,3,4). The van der Waals surface area contributed by atoms with Crippen molar-refractivity contribution in [3.63, 3.8) is 0 Å². The van der Waals surface area contributed by atoms with Crippen molar-refractivity contribution >= 4 is 13.8 Å². The van der Waals surface area contributed by atoms with Gasteiger partial charge in [0.05, 0.1) is 27.2 Å². The van der Waals surface area contributed by atoms with Gasteiger partial charge in [0.2, 0.25) is 0 Å². The van der Waals surface area contributed by atoms with Crippen LogP contribution in [0.15, 0.2) is 0 Å². The third-order valence-corrected chi connectivity index (χ3v) is 2.05. The van der Waals surface area contributed by atoms with E-state index in [0.717, 1.165) is 11.0 Å². The average molecular weight is 257 g/mol. The van der Waals surface area contributed by atoms with Gasteiger partial charge in [0.15, 0.2) is 0 Å². The Balaban J connectivity index is 0. The highest BCUT2D eigenvalue weighted by atomic mass is 31.2. The molecule has 0 spiro atoms. The van der Waals surface area contributed by atoms with Gasteiger partial charge in [-0.2, -0.15) is 0 Å². The molecule has 16 heavy (non-hydrogen) atoms. The summed E-state index contributed by atoms with van der Waals surface area (Å²) in [5.74, 6) is -0.949. The molecule has 0 aliphatic rings. The number of carbonyl (C=O) groups is 1. The Morgan fingerprint density at radius 1 is 1.44 bits per heavy atom. The molecule has 8 heteroatoms. The molecule has 0 fully saturated rings. The van der Waals surface area contributed by atoms with Crippen molar-refractivity contribution in [3.8, 4) is 0 Å². The van der Waals surface area contributed by atoms with Gasteiger partial charge in [-0.1, -0.05) is 0 Å². The summed E-state index contributed by atoms with van der Waals surface area (Å²) in [7, 11) is -0.807. The Morgan fingerprint density at radius 3 is 1.94 bits per heavy atom. The zero-order valence-corrected chi connectivity index (χ0v) is 10.8. The Morgan fingerprint density at radius 2 is 1.75 bits per heavy atom. The number of aliphatic carboxylic acids is 1. The van der Waals surface area contributed by atoms with Crippen LogP contribution >= 0.6 is 7.82 Å². The predicted molar refractivity (Wildman–Crippen MR) is 56.4 cm³/mol. The molecule has 0 bridgehead atoms. The van der Waals surface area contributed by atoms with Crippen LogP contribution in [0.4, 0.5) is 0 Å². The molecule has 1 unspecified atom stereocenters. The number of carboxylic acid groups (broad SMARTS) is 1. The molecular formula is C8H20NO6P. The lowest BCUT2D eigenvalue weighted by Gasteiger charge is -2.29. The molecule has 0 saturated carbocycles. The van der Waals surface area contributed by atoms with Crippen LogP contribution in [0.2, 0.25) is 0 Å². The third-order valence-electron chi connectivity index (χ3n) is 2.05. The molecule has 0 saturated heterocycles. The quantitative estimate of drug-likeness (QED) is 0.450. The van der Waals surface area contributed by atoms with Crippen molar-refractivity contribution in [2.24, 2.45) is 5.92 Å². The van der Waals surface area contributed by atoms with Gasteiger partial charge in [-0.15, -0.1) is 0 Å². The Hall–Kier alpha value is -0.460. The summed E-state index contributed by atoms with van der Waals surface area (Å²) in [4.78, 5) is 33.4. The van der Waals surface area contributed by atoms with E-state index in [1.807, 2.05) is 14.1 Å². The van der Waals surface area contributed by atoms with Crippen molar-refractivity contribution in [2.75, 3.05) is 27.2 Å². The first-order valence-corrected chi connectivity index (χ1v) is 6.23. The normalized spacial score (nSPS) is 13.7. The number of hydrogen-bond donors (Lipinski definition) is 3. The van der Waals surface area contributed by atoms with E-state index in [4.69, 9.17) is 24.4 Å². The summed E-state index contributed by atoms with van der Waals surface area (Å²) in [5, 5.41) is 8.63. The van der Waals surface area contributed by atoms with Crippen LogP contribution in [0.5, 0.6) is 0 Å².